The molecule has 0 heterocycles. The van der Waals surface area contributed by atoms with Gasteiger partial charge in [-0.3, -0.25) is 0 Å². The lowest BCUT2D eigenvalue weighted by Crippen LogP contribution is -2.24. The molecule has 0 radical (unpaired) electrons. The molecular formula is C22H23NO. The first-order valence-electron chi connectivity index (χ1n) is 8.71. The minimum Gasteiger partial charge on any atom is -0.497 e. The summed E-state index contributed by atoms with van der Waals surface area (Å²) in [6.45, 7) is 0.904. The highest BCUT2D eigenvalue weighted by Crippen LogP contribution is 2.30. The summed E-state index contributed by atoms with van der Waals surface area (Å²) in [5.41, 5.74) is 4.32. The standard InChI is InChI=1S/C22H23NO/c1-24-20-12-11-18-13-16(9-10-19(18)14-20)15-23-22-8-4-6-17-5-2-3-7-21(17)22/h2-3,5,7,9-14,22-23H,4,6,8,15H2,1H3. The van der Waals surface area contributed by atoms with Crippen LogP contribution in [0.5, 0.6) is 5.75 Å². The molecule has 0 saturated heterocycles. The molecule has 1 N–H and O–H groups in total. The molecule has 1 unspecified atom stereocenters. The van der Waals surface area contributed by atoms with Crippen molar-refractivity contribution >= 4 is 10.8 Å². The van der Waals surface area contributed by atoms with E-state index in [-0.39, 0.29) is 0 Å². The lowest BCUT2D eigenvalue weighted by molar-refractivity contribution is 0.415. The quantitative estimate of drug-likeness (QED) is 0.730. The Morgan fingerprint density at radius 1 is 1.00 bits per heavy atom. The van der Waals surface area contributed by atoms with Crippen LogP contribution in [-0.4, -0.2) is 7.11 Å². The molecule has 1 atom stereocenters. The van der Waals surface area contributed by atoms with Crippen LogP contribution in [0.25, 0.3) is 10.8 Å². The van der Waals surface area contributed by atoms with Gasteiger partial charge in [-0.15, -0.1) is 0 Å². The summed E-state index contributed by atoms with van der Waals surface area (Å²) >= 11 is 0. The van der Waals surface area contributed by atoms with Gasteiger partial charge in [-0.25, -0.2) is 0 Å². The SMILES string of the molecule is COc1ccc2cc(CNC3CCCc4ccccc43)ccc2c1. The molecule has 0 aromatic heterocycles. The number of ether oxygens (including phenoxy) is 1. The number of benzene rings is 3. The van der Waals surface area contributed by atoms with Crippen molar-refractivity contribution in [2.75, 3.05) is 7.11 Å². The summed E-state index contributed by atoms with van der Waals surface area (Å²) in [4.78, 5) is 0. The molecule has 0 aliphatic heterocycles. The maximum atomic E-state index is 5.30. The monoisotopic (exact) mass is 317 g/mol. The van der Waals surface area contributed by atoms with Gasteiger partial charge in [0.25, 0.3) is 0 Å². The van der Waals surface area contributed by atoms with E-state index in [1.54, 1.807) is 7.11 Å². The van der Waals surface area contributed by atoms with Gasteiger partial charge in [-0.1, -0.05) is 42.5 Å². The minimum atomic E-state index is 0.474. The van der Waals surface area contributed by atoms with Crippen LogP contribution in [0.3, 0.4) is 0 Å². The predicted molar refractivity (Wildman–Crippen MR) is 99.5 cm³/mol. The van der Waals surface area contributed by atoms with Crippen LogP contribution in [0.4, 0.5) is 0 Å². The summed E-state index contributed by atoms with van der Waals surface area (Å²) in [7, 11) is 1.71. The van der Waals surface area contributed by atoms with Crippen molar-refractivity contribution in [1.29, 1.82) is 0 Å². The fourth-order valence-electron chi connectivity index (χ4n) is 3.72. The van der Waals surface area contributed by atoms with E-state index in [0.717, 1.165) is 12.3 Å². The van der Waals surface area contributed by atoms with E-state index in [2.05, 4.69) is 59.9 Å². The fourth-order valence-corrected chi connectivity index (χ4v) is 3.72. The molecule has 2 nitrogen and oxygen atoms in total. The van der Waals surface area contributed by atoms with Crippen molar-refractivity contribution in [2.45, 2.75) is 31.8 Å². The molecule has 0 saturated carbocycles. The number of fused-ring (bicyclic) bond motifs is 2. The zero-order valence-electron chi connectivity index (χ0n) is 14.1. The molecule has 4 rings (SSSR count). The first-order chi connectivity index (χ1) is 11.8. The van der Waals surface area contributed by atoms with Gasteiger partial charge in [0.15, 0.2) is 0 Å². The molecule has 1 aliphatic rings. The summed E-state index contributed by atoms with van der Waals surface area (Å²) in [5, 5.41) is 6.24. The topological polar surface area (TPSA) is 21.3 Å². The summed E-state index contributed by atoms with van der Waals surface area (Å²) in [6, 6.07) is 22.2. The van der Waals surface area contributed by atoms with Crippen molar-refractivity contribution in [3.05, 3.63) is 77.4 Å². The van der Waals surface area contributed by atoms with Gasteiger partial charge in [0.2, 0.25) is 0 Å². The molecule has 3 aromatic carbocycles. The Bertz CT molecular complexity index is 855. The lowest BCUT2D eigenvalue weighted by atomic mass is 9.87. The van der Waals surface area contributed by atoms with Crippen molar-refractivity contribution in [3.63, 3.8) is 0 Å². The maximum absolute atomic E-state index is 5.30. The van der Waals surface area contributed by atoms with E-state index in [1.165, 1.54) is 46.7 Å². The molecule has 122 valence electrons. The smallest absolute Gasteiger partial charge is 0.119 e. The average molecular weight is 317 g/mol. The summed E-state index contributed by atoms with van der Waals surface area (Å²) < 4.78 is 5.30. The van der Waals surface area contributed by atoms with E-state index in [0.29, 0.717) is 6.04 Å². The third-order valence-electron chi connectivity index (χ3n) is 5.03. The molecular weight excluding hydrogens is 294 g/mol. The van der Waals surface area contributed by atoms with E-state index >= 15 is 0 Å². The number of aryl methyl sites for hydroxylation is 1. The third kappa shape index (κ3) is 3.02. The molecule has 3 aromatic rings. The van der Waals surface area contributed by atoms with Crippen molar-refractivity contribution < 1.29 is 4.74 Å². The lowest BCUT2D eigenvalue weighted by Gasteiger charge is -2.26. The van der Waals surface area contributed by atoms with Crippen LogP contribution in [0.1, 0.15) is 35.6 Å². The van der Waals surface area contributed by atoms with Crippen molar-refractivity contribution in [2.24, 2.45) is 0 Å². The molecule has 0 bridgehead atoms. The van der Waals surface area contributed by atoms with E-state index < -0.39 is 0 Å². The Morgan fingerprint density at radius 2 is 1.83 bits per heavy atom. The zero-order valence-corrected chi connectivity index (χ0v) is 14.1. The molecule has 0 fully saturated rings. The van der Waals surface area contributed by atoms with E-state index in [1.807, 2.05) is 6.07 Å². The molecule has 0 amide bonds. The number of hydrogen-bond acceptors (Lipinski definition) is 2. The highest BCUT2D eigenvalue weighted by atomic mass is 16.5. The Hall–Kier alpha value is -2.32. The Balaban J connectivity index is 1.51. The second-order valence-electron chi connectivity index (χ2n) is 6.57. The molecule has 1 aliphatic carbocycles. The number of hydrogen-bond donors (Lipinski definition) is 1. The molecule has 2 heteroatoms. The maximum Gasteiger partial charge on any atom is 0.119 e. The van der Waals surface area contributed by atoms with Gasteiger partial charge in [0.05, 0.1) is 7.11 Å². The first kappa shape index (κ1) is 15.2. The van der Waals surface area contributed by atoms with Gasteiger partial charge >= 0.3 is 0 Å². The Kier molecular flexibility index (Phi) is 4.22. The number of methoxy groups -OCH3 is 1. The van der Waals surface area contributed by atoms with Crippen LogP contribution in [0.15, 0.2) is 60.7 Å². The van der Waals surface area contributed by atoms with Gasteiger partial charge in [0.1, 0.15) is 5.75 Å². The van der Waals surface area contributed by atoms with Crippen LogP contribution in [0, 0.1) is 0 Å². The van der Waals surface area contributed by atoms with Gasteiger partial charge in [0, 0.05) is 12.6 Å². The van der Waals surface area contributed by atoms with Gasteiger partial charge in [-0.2, -0.15) is 0 Å². The molecule has 0 spiro atoms. The summed E-state index contributed by atoms with van der Waals surface area (Å²) in [6.07, 6.45) is 3.71. The van der Waals surface area contributed by atoms with Crippen molar-refractivity contribution in [1.82, 2.24) is 5.32 Å². The van der Waals surface area contributed by atoms with Crippen molar-refractivity contribution in [3.8, 4) is 5.75 Å². The van der Waals surface area contributed by atoms with Crippen LogP contribution >= 0.6 is 0 Å². The highest BCUT2D eigenvalue weighted by molar-refractivity contribution is 5.84. The third-order valence-corrected chi connectivity index (χ3v) is 5.03. The van der Waals surface area contributed by atoms with Crippen LogP contribution < -0.4 is 10.1 Å². The number of nitrogens with one attached hydrogen (secondary N) is 1. The van der Waals surface area contributed by atoms with Crippen LogP contribution in [0.2, 0.25) is 0 Å². The summed E-state index contributed by atoms with van der Waals surface area (Å²) in [5.74, 6) is 0.909. The fraction of sp³-hybridized carbons (Fsp3) is 0.273. The van der Waals surface area contributed by atoms with E-state index in [4.69, 9.17) is 4.74 Å². The number of rotatable bonds is 4. The normalized spacial score (nSPS) is 16.8. The average Bonchev–Trinajstić information content (AvgIpc) is 2.65. The second kappa shape index (κ2) is 6.66. The van der Waals surface area contributed by atoms with Gasteiger partial charge in [-0.05, 0) is 64.9 Å². The largest absolute Gasteiger partial charge is 0.497 e. The Labute approximate surface area is 143 Å². The molecule has 24 heavy (non-hydrogen) atoms. The predicted octanol–water partition coefficient (Wildman–Crippen LogP) is 5.02. The first-order valence-corrected chi connectivity index (χ1v) is 8.71. The highest BCUT2D eigenvalue weighted by Gasteiger charge is 2.18. The zero-order chi connectivity index (χ0) is 16.4. The minimum absolute atomic E-state index is 0.474. The Morgan fingerprint density at radius 3 is 2.75 bits per heavy atom. The van der Waals surface area contributed by atoms with Gasteiger partial charge < -0.3 is 10.1 Å². The van der Waals surface area contributed by atoms with E-state index in [9.17, 15) is 0 Å². The van der Waals surface area contributed by atoms with Crippen LogP contribution in [-0.2, 0) is 13.0 Å². The second-order valence-corrected chi connectivity index (χ2v) is 6.57.